The lowest BCUT2D eigenvalue weighted by Gasteiger charge is -2.14. The van der Waals surface area contributed by atoms with E-state index in [0.717, 1.165) is 0 Å². The van der Waals surface area contributed by atoms with Crippen LogP contribution >= 0.6 is 0 Å². The van der Waals surface area contributed by atoms with Crippen molar-refractivity contribution in [2.45, 2.75) is 19.6 Å². The van der Waals surface area contributed by atoms with E-state index < -0.39 is 18.1 Å². The van der Waals surface area contributed by atoms with Crippen molar-refractivity contribution in [3.05, 3.63) is 35.4 Å². The highest BCUT2D eigenvalue weighted by atomic mass is 16.5. The number of carboxylic acids is 1. The van der Waals surface area contributed by atoms with Gasteiger partial charge in [-0.3, -0.25) is 0 Å². The number of carbonyl (C=O) groups is 2. The number of hydrogen-bond acceptors (Lipinski definition) is 4. The molecule has 6 nitrogen and oxygen atoms in total. The fourth-order valence-corrected chi connectivity index (χ4v) is 1.39. The summed E-state index contributed by atoms with van der Waals surface area (Å²) in [6.07, 6.45) is -0.781. The van der Waals surface area contributed by atoms with E-state index in [-0.39, 0.29) is 13.2 Å². The van der Waals surface area contributed by atoms with Gasteiger partial charge in [-0.25, -0.2) is 9.59 Å². The zero-order valence-electron chi connectivity index (χ0n) is 9.92. The minimum Gasteiger partial charge on any atom is -0.479 e. The summed E-state index contributed by atoms with van der Waals surface area (Å²) in [6.45, 7) is 1.68. The third kappa shape index (κ3) is 3.74. The first-order valence-corrected chi connectivity index (χ1v) is 5.44. The summed E-state index contributed by atoms with van der Waals surface area (Å²) in [5.41, 5.74) is 1.08. The summed E-state index contributed by atoms with van der Waals surface area (Å²) in [5.74, 6) is -1.18. The van der Waals surface area contributed by atoms with Crippen molar-refractivity contribution >= 4 is 12.1 Å². The molecule has 0 aliphatic rings. The third-order valence-electron chi connectivity index (χ3n) is 2.28. The number of carboxylic acid groups (broad SMARTS) is 1. The lowest BCUT2D eigenvalue weighted by Crippen LogP contribution is -2.34. The zero-order chi connectivity index (χ0) is 13.5. The topological polar surface area (TPSA) is 95.9 Å². The Labute approximate surface area is 104 Å². The fraction of sp³-hybridized carbons (Fsp3) is 0.333. The van der Waals surface area contributed by atoms with E-state index in [1.54, 1.807) is 19.1 Å². The fourth-order valence-electron chi connectivity index (χ4n) is 1.39. The Kier molecular flexibility index (Phi) is 5.13. The molecule has 18 heavy (non-hydrogen) atoms. The van der Waals surface area contributed by atoms with Gasteiger partial charge >= 0.3 is 12.1 Å². The van der Waals surface area contributed by atoms with Crippen LogP contribution in [-0.2, 0) is 16.1 Å². The van der Waals surface area contributed by atoms with Crippen LogP contribution in [0.15, 0.2) is 24.3 Å². The number of ether oxygens (including phenoxy) is 1. The highest BCUT2D eigenvalue weighted by molar-refractivity contribution is 5.81. The molecule has 1 aromatic rings. The standard InChI is InChI=1S/C12H15NO5/c1-2-18-12(17)13-10(11(15)16)9-5-3-8(7-14)4-6-9/h3-6,10,14H,2,7H2,1H3,(H,13,17)(H,15,16)/t10-/m0/s1. The molecule has 1 atom stereocenters. The Morgan fingerprint density at radius 3 is 2.39 bits per heavy atom. The molecule has 0 radical (unpaired) electrons. The first-order chi connectivity index (χ1) is 8.58. The Balaban J connectivity index is 2.83. The largest absolute Gasteiger partial charge is 0.479 e. The van der Waals surface area contributed by atoms with E-state index in [0.29, 0.717) is 11.1 Å². The van der Waals surface area contributed by atoms with Gasteiger partial charge < -0.3 is 20.3 Å². The molecule has 0 saturated carbocycles. The molecule has 0 aliphatic carbocycles. The molecule has 0 saturated heterocycles. The van der Waals surface area contributed by atoms with Crippen LogP contribution in [0.25, 0.3) is 0 Å². The summed E-state index contributed by atoms with van der Waals surface area (Å²) in [5, 5.41) is 20.2. The molecular formula is C12H15NO5. The maximum absolute atomic E-state index is 11.2. The molecule has 0 aromatic heterocycles. The van der Waals surface area contributed by atoms with Gasteiger partial charge in [0.2, 0.25) is 0 Å². The van der Waals surface area contributed by atoms with E-state index in [1.165, 1.54) is 12.1 Å². The van der Waals surface area contributed by atoms with Gasteiger partial charge in [0.25, 0.3) is 0 Å². The predicted molar refractivity (Wildman–Crippen MR) is 62.9 cm³/mol. The van der Waals surface area contributed by atoms with Crippen molar-refractivity contribution in [2.24, 2.45) is 0 Å². The molecule has 1 amide bonds. The number of carbonyl (C=O) groups excluding carboxylic acids is 1. The van der Waals surface area contributed by atoms with Crippen LogP contribution in [0.3, 0.4) is 0 Å². The van der Waals surface area contributed by atoms with Crippen molar-refractivity contribution in [1.82, 2.24) is 5.32 Å². The lowest BCUT2D eigenvalue weighted by atomic mass is 10.1. The van der Waals surface area contributed by atoms with Crippen molar-refractivity contribution in [3.63, 3.8) is 0 Å². The number of aliphatic hydroxyl groups is 1. The average Bonchev–Trinajstić information content (AvgIpc) is 2.36. The number of aliphatic carboxylic acids is 1. The van der Waals surface area contributed by atoms with E-state index >= 15 is 0 Å². The predicted octanol–water partition coefficient (Wildman–Crippen LogP) is 1.05. The van der Waals surface area contributed by atoms with Crippen molar-refractivity contribution in [3.8, 4) is 0 Å². The third-order valence-corrected chi connectivity index (χ3v) is 2.28. The molecule has 3 N–H and O–H groups in total. The van der Waals surface area contributed by atoms with Gasteiger partial charge in [0.15, 0.2) is 6.04 Å². The van der Waals surface area contributed by atoms with Crippen LogP contribution in [0.1, 0.15) is 24.1 Å². The molecule has 0 heterocycles. The summed E-state index contributed by atoms with van der Waals surface area (Å²) in [7, 11) is 0. The quantitative estimate of drug-likeness (QED) is 0.729. The Bertz CT molecular complexity index is 415. The van der Waals surface area contributed by atoms with Crippen LogP contribution < -0.4 is 5.32 Å². The van der Waals surface area contributed by atoms with Gasteiger partial charge in [-0.2, -0.15) is 0 Å². The van der Waals surface area contributed by atoms with Crippen LogP contribution in [0.4, 0.5) is 4.79 Å². The zero-order valence-corrected chi connectivity index (χ0v) is 9.92. The highest BCUT2D eigenvalue weighted by Gasteiger charge is 2.22. The molecule has 0 fully saturated rings. The van der Waals surface area contributed by atoms with Crippen LogP contribution in [0, 0.1) is 0 Å². The Hall–Kier alpha value is -2.08. The second kappa shape index (κ2) is 6.61. The number of nitrogens with one attached hydrogen (secondary N) is 1. The molecule has 1 aromatic carbocycles. The molecule has 0 bridgehead atoms. The molecule has 98 valence electrons. The van der Waals surface area contributed by atoms with Crippen molar-refractivity contribution < 1.29 is 24.5 Å². The molecule has 0 unspecified atom stereocenters. The first-order valence-electron chi connectivity index (χ1n) is 5.44. The molecule has 6 heteroatoms. The maximum atomic E-state index is 11.2. The number of aliphatic hydroxyl groups excluding tert-OH is 1. The lowest BCUT2D eigenvalue weighted by molar-refractivity contribution is -0.139. The number of alkyl carbamates (subject to hydrolysis) is 1. The monoisotopic (exact) mass is 253 g/mol. The van der Waals surface area contributed by atoms with Crippen molar-refractivity contribution in [2.75, 3.05) is 6.61 Å². The average molecular weight is 253 g/mol. The van der Waals surface area contributed by atoms with E-state index in [4.69, 9.17) is 10.2 Å². The summed E-state index contributed by atoms with van der Waals surface area (Å²) < 4.78 is 4.64. The van der Waals surface area contributed by atoms with Gasteiger partial charge in [0, 0.05) is 0 Å². The Morgan fingerprint density at radius 1 is 1.33 bits per heavy atom. The number of benzene rings is 1. The Morgan fingerprint density at radius 2 is 1.94 bits per heavy atom. The summed E-state index contributed by atoms with van der Waals surface area (Å²) in [6, 6.07) is 5.10. The summed E-state index contributed by atoms with van der Waals surface area (Å²) in [4.78, 5) is 22.3. The van der Waals surface area contributed by atoms with E-state index in [2.05, 4.69) is 10.1 Å². The van der Waals surface area contributed by atoms with Crippen LogP contribution in [-0.4, -0.2) is 28.9 Å². The first kappa shape index (κ1) is 14.0. The van der Waals surface area contributed by atoms with E-state index in [1.807, 2.05) is 0 Å². The van der Waals surface area contributed by atoms with Gasteiger partial charge in [-0.15, -0.1) is 0 Å². The molecule has 0 aliphatic heterocycles. The maximum Gasteiger partial charge on any atom is 0.408 e. The van der Waals surface area contributed by atoms with Crippen molar-refractivity contribution in [1.29, 1.82) is 0 Å². The minimum absolute atomic E-state index is 0.122. The van der Waals surface area contributed by atoms with Gasteiger partial charge in [-0.05, 0) is 18.1 Å². The molecule has 0 spiro atoms. The smallest absolute Gasteiger partial charge is 0.408 e. The minimum atomic E-state index is -1.18. The van der Waals surface area contributed by atoms with Gasteiger partial charge in [0.1, 0.15) is 0 Å². The second-order valence-electron chi connectivity index (χ2n) is 3.54. The molecule has 1 rings (SSSR count). The summed E-state index contributed by atoms with van der Waals surface area (Å²) >= 11 is 0. The number of hydrogen-bond donors (Lipinski definition) is 3. The normalized spacial score (nSPS) is 11.7. The van der Waals surface area contributed by atoms with E-state index in [9.17, 15) is 9.59 Å². The van der Waals surface area contributed by atoms with Gasteiger partial charge in [-0.1, -0.05) is 24.3 Å². The van der Waals surface area contributed by atoms with Gasteiger partial charge in [0.05, 0.1) is 13.2 Å². The van der Waals surface area contributed by atoms with Crippen LogP contribution in [0.5, 0.6) is 0 Å². The SMILES string of the molecule is CCOC(=O)N[C@H](C(=O)O)c1ccc(CO)cc1. The second-order valence-corrected chi connectivity index (χ2v) is 3.54. The highest BCUT2D eigenvalue weighted by Crippen LogP contribution is 2.14. The number of amides is 1. The van der Waals surface area contributed by atoms with Crippen LogP contribution in [0.2, 0.25) is 0 Å². The number of rotatable bonds is 5. The molecular weight excluding hydrogens is 238 g/mol.